The van der Waals surface area contributed by atoms with Gasteiger partial charge in [-0.3, -0.25) is 4.79 Å². The van der Waals surface area contributed by atoms with Crippen molar-refractivity contribution in [3.8, 4) is 11.5 Å². The van der Waals surface area contributed by atoms with Crippen LogP contribution in [-0.4, -0.2) is 11.8 Å². The molecule has 3 aromatic rings. The van der Waals surface area contributed by atoms with Crippen molar-refractivity contribution in [2.75, 3.05) is 0 Å². The summed E-state index contributed by atoms with van der Waals surface area (Å²) in [6, 6.07) is 20.0. The van der Waals surface area contributed by atoms with Crippen molar-refractivity contribution >= 4 is 17.8 Å². The molecule has 4 rings (SSSR count). The SMILES string of the molecule is Cc1ccccc1C(=O)Oc1ccc2c(c1C)O/C(=C\c1ccccc1)C2=O. The van der Waals surface area contributed by atoms with Gasteiger partial charge >= 0.3 is 5.97 Å². The Morgan fingerprint density at radius 2 is 1.64 bits per heavy atom. The minimum absolute atomic E-state index is 0.182. The maximum Gasteiger partial charge on any atom is 0.343 e. The lowest BCUT2D eigenvalue weighted by Crippen LogP contribution is -2.11. The average Bonchev–Trinajstić information content (AvgIpc) is 3.01. The number of fused-ring (bicyclic) bond motifs is 1. The Hall–Kier alpha value is -3.66. The quantitative estimate of drug-likeness (QED) is 0.364. The molecule has 0 unspecified atom stereocenters. The van der Waals surface area contributed by atoms with Crippen LogP contribution in [0.3, 0.4) is 0 Å². The van der Waals surface area contributed by atoms with Crippen molar-refractivity contribution < 1.29 is 19.1 Å². The summed E-state index contributed by atoms with van der Waals surface area (Å²) in [6.45, 7) is 3.63. The number of aryl methyl sites for hydroxylation is 1. The van der Waals surface area contributed by atoms with Crippen LogP contribution in [0.5, 0.6) is 11.5 Å². The fourth-order valence-electron chi connectivity index (χ4n) is 3.14. The van der Waals surface area contributed by atoms with Gasteiger partial charge in [0.25, 0.3) is 0 Å². The third-order valence-corrected chi connectivity index (χ3v) is 4.70. The fraction of sp³-hybridized carbons (Fsp3) is 0.0833. The molecule has 28 heavy (non-hydrogen) atoms. The van der Waals surface area contributed by atoms with E-state index in [9.17, 15) is 9.59 Å². The van der Waals surface area contributed by atoms with E-state index in [1.54, 1.807) is 37.3 Å². The molecule has 0 atom stereocenters. The Morgan fingerprint density at radius 1 is 0.929 bits per heavy atom. The molecule has 0 saturated heterocycles. The number of carbonyl (C=O) groups excluding carboxylic acids is 2. The molecule has 0 fully saturated rings. The maximum absolute atomic E-state index is 12.7. The first-order valence-corrected chi connectivity index (χ1v) is 8.95. The Balaban J connectivity index is 1.63. The van der Waals surface area contributed by atoms with Gasteiger partial charge in [-0.1, -0.05) is 48.5 Å². The topological polar surface area (TPSA) is 52.6 Å². The number of benzene rings is 3. The second-order valence-electron chi connectivity index (χ2n) is 6.62. The van der Waals surface area contributed by atoms with Crippen LogP contribution in [0.2, 0.25) is 0 Å². The molecular formula is C24H18O4. The predicted octanol–water partition coefficient (Wildman–Crippen LogP) is 5.14. The predicted molar refractivity (Wildman–Crippen MR) is 107 cm³/mol. The van der Waals surface area contributed by atoms with E-state index in [2.05, 4.69) is 0 Å². The summed E-state index contributed by atoms with van der Waals surface area (Å²) < 4.78 is 11.4. The third-order valence-electron chi connectivity index (χ3n) is 4.70. The van der Waals surface area contributed by atoms with E-state index in [1.807, 2.05) is 49.4 Å². The largest absolute Gasteiger partial charge is 0.452 e. The first-order chi connectivity index (χ1) is 13.5. The summed E-state index contributed by atoms with van der Waals surface area (Å²) in [5.41, 5.74) is 3.30. The summed E-state index contributed by atoms with van der Waals surface area (Å²) in [5, 5.41) is 0. The summed E-state index contributed by atoms with van der Waals surface area (Å²) in [6.07, 6.45) is 1.71. The zero-order valence-corrected chi connectivity index (χ0v) is 15.6. The van der Waals surface area contributed by atoms with Gasteiger partial charge in [0.05, 0.1) is 11.1 Å². The second kappa shape index (κ2) is 7.16. The second-order valence-corrected chi connectivity index (χ2v) is 6.62. The van der Waals surface area contributed by atoms with Gasteiger partial charge in [0, 0.05) is 5.56 Å². The molecule has 1 aliphatic heterocycles. The van der Waals surface area contributed by atoms with E-state index in [4.69, 9.17) is 9.47 Å². The molecule has 0 N–H and O–H groups in total. The lowest BCUT2D eigenvalue weighted by atomic mass is 10.1. The minimum atomic E-state index is -0.439. The molecule has 3 aromatic carbocycles. The Bertz CT molecular complexity index is 1110. The maximum atomic E-state index is 12.7. The molecule has 138 valence electrons. The fourth-order valence-corrected chi connectivity index (χ4v) is 3.14. The Labute approximate surface area is 163 Å². The Kier molecular flexibility index (Phi) is 4.53. The Morgan fingerprint density at radius 3 is 2.39 bits per heavy atom. The van der Waals surface area contributed by atoms with Crippen LogP contribution in [0.1, 0.15) is 37.4 Å². The van der Waals surface area contributed by atoms with E-state index >= 15 is 0 Å². The van der Waals surface area contributed by atoms with E-state index in [0.29, 0.717) is 28.2 Å². The summed E-state index contributed by atoms with van der Waals surface area (Å²) in [4.78, 5) is 25.2. The lowest BCUT2D eigenvalue weighted by Gasteiger charge is -2.11. The average molecular weight is 370 g/mol. The number of hydrogen-bond donors (Lipinski definition) is 0. The van der Waals surface area contributed by atoms with Crippen molar-refractivity contribution in [1.29, 1.82) is 0 Å². The number of hydrogen-bond acceptors (Lipinski definition) is 4. The number of esters is 1. The van der Waals surface area contributed by atoms with Crippen LogP contribution in [0, 0.1) is 13.8 Å². The summed E-state index contributed by atoms with van der Waals surface area (Å²) in [7, 11) is 0. The number of ether oxygens (including phenoxy) is 2. The van der Waals surface area contributed by atoms with Crippen LogP contribution < -0.4 is 9.47 Å². The molecule has 4 heteroatoms. The van der Waals surface area contributed by atoms with Gasteiger partial charge in [-0.05, 0) is 49.2 Å². The molecule has 4 nitrogen and oxygen atoms in total. The molecule has 1 heterocycles. The van der Waals surface area contributed by atoms with Gasteiger partial charge < -0.3 is 9.47 Å². The monoisotopic (exact) mass is 370 g/mol. The van der Waals surface area contributed by atoms with Crippen molar-refractivity contribution in [3.05, 3.63) is 100 Å². The molecule has 0 saturated carbocycles. The van der Waals surface area contributed by atoms with Crippen molar-refractivity contribution in [3.63, 3.8) is 0 Å². The zero-order valence-electron chi connectivity index (χ0n) is 15.6. The number of ketones is 1. The van der Waals surface area contributed by atoms with Gasteiger partial charge in [0.15, 0.2) is 5.76 Å². The summed E-state index contributed by atoms with van der Waals surface area (Å²) >= 11 is 0. The van der Waals surface area contributed by atoms with E-state index in [-0.39, 0.29) is 11.5 Å². The highest BCUT2D eigenvalue weighted by Gasteiger charge is 2.30. The van der Waals surface area contributed by atoms with Gasteiger partial charge in [-0.2, -0.15) is 0 Å². The van der Waals surface area contributed by atoms with Crippen molar-refractivity contribution in [2.24, 2.45) is 0 Å². The molecule has 0 spiro atoms. The molecule has 0 radical (unpaired) electrons. The van der Waals surface area contributed by atoms with Gasteiger partial charge in [0.2, 0.25) is 5.78 Å². The smallest absolute Gasteiger partial charge is 0.343 e. The molecule has 1 aliphatic rings. The highest BCUT2D eigenvalue weighted by Crippen LogP contribution is 2.39. The van der Waals surface area contributed by atoms with E-state index < -0.39 is 5.97 Å². The van der Waals surface area contributed by atoms with Crippen LogP contribution in [0.15, 0.2) is 72.5 Å². The van der Waals surface area contributed by atoms with Crippen LogP contribution in [-0.2, 0) is 0 Å². The molecule has 0 aliphatic carbocycles. The van der Waals surface area contributed by atoms with E-state index in [0.717, 1.165) is 11.1 Å². The normalized spacial score (nSPS) is 13.9. The summed E-state index contributed by atoms with van der Waals surface area (Å²) in [5.74, 6) is 0.443. The van der Waals surface area contributed by atoms with Gasteiger partial charge in [-0.15, -0.1) is 0 Å². The van der Waals surface area contributed by atoms with Gasteiger partial charge in [0.1, 0.15) is 11.5 Å². The number of allylic oxidation sites excluding steroid dienone is 1. The highest BCUT2D eigenvalue weighted by atomic mass is 16.5. The number of rotatable bonds is 3. The molecule has 0 amide bonds. The van der Waals surface area contributed by atoms with E-state index in [1.165, 1.54) is 0 Å². The van der Waals surface area contributed by atoms with Gasteiger partial charge in [-0.25, -0.2) is 4.79 Å². The number of carbonyl (C=O) groups is 2. The zero-order chi connectivity index (χ0) is 19.7. The van der Waals surface area contributed by atoms with Crippen LogP contribution >= 0.6 is 0 Å². The third kappa shape index (κ3) is 3.21. The first kappa shape index (κ1) is 17.7. The highest BCUT2D eigenvalue weighted by molar-refractivity contribution is 6.15. The molecular weight excluding hydrogens is 352 g/mol. The van der Waals surface area contributed by atoms with Crippen LogP contribution in [0.25, 0.3) is 6.08 Å². The molecule has 0 bridgehead atoms. The standard InChI is InChI=1S/C24H18O4/c1-15-8-6-7-11-18(15)24(26)28-20-13-12-19-22(25)21(27-23(19)16(20)2)14-17-9-4-3-5-10-17/h3-14H,1-2H3/b21-14-. The van der Waals surface area contributed by atoms with Crippen molar-refractivity contribution in [1.82, 2.24) is 0 Å². The minimum Gasteiger partial charge on any atom is -0.452 e. The lowest BCUT2D eigenvalue weighted by molar-refractivity contribution is 0.0732. The van der Waals surface area contributed by atoms with Crippen LogP contribution in [0.4, 0.5) is 0 Å². The molecule has 0 aromatic heterocycles. The number of Topliss-reactive ketones (excluding diaryl/α,β-unsaturated/α-hetero) is 1. The first-order valence-electron chi connectivity index (χ1n) is 8.95. The van der Waals surface area contributed by atoms with Crippen molar-refractivity contribution in [2.45, 2.75) is 13.8 Å².